The van der Waals surface area contributed by atoms with Crippen molar-refractivity contribution in [2.24, 2.45) is 0 Å². The summed E-state index contributed by atoms with van der Waals surface area (Å²) < 4.78 is 0. The summed E-state index contributed by atoms with van der Waals surface area (Å²) in [6, 6.07) is 0. The van der Waals surface area contributed by atoms with Crippen molar-refractivity contribution in [3.05, 3.63) is 0 Å². The van der Waals surface area contributed by atoms with Gasteiger partial charge in [0, 0.05) is 0 Å². The normalized spacial score (nSPS) is 6.00. The minimum absolute atomic E-state index is 0. The molecule has 5 heavy (non-hydrogen) atoms. The Kier molecular flexibility index (Phi) is 16.1. The van der Waals surface area contributed by atoms with Crippen molar-refractivity contribution in [1.29, 1.82) is 0 Å². The molecule has 34 valence electrons. The summed E-state index contributed by atoms with van der Waals surface area (Å²) >= 11 is 0. The molecule has 0 bridgehead atoms. The van der Waals surface area contributed by atoms with Gasteiger partial charge in [-0.1, -0.05) is 26.7 Å². The molecule has 1 heteroatoms. The van der Waals surface area contributed by atoms with Gasteiger partial charge in [0.25, 0.3) is 0 Å². The summed E-state index contributed by atoms with van der Waals surface area (Å²) in [5, 5.41) is 0. The van der Waals surface area contributed by atoms with Crippen molar-refractivity contribution in [3.8, 4) is 0 Å². The second-order valence-electron chi connectivity index (χ2n) is 1.000. The molecule has 0 fully saturated rings. The second-order valence-corrected chi connectivity index (χ2v) is 1.000. The molecule has 0 aromatic carbocycles. The molecule has 0 aromatic heterocycles. The van der Waals surface area contributed by atoms with E-state index in [-0.39, 0.29) is 17.6 Å². The van der Waals surface area contributed by atoms with Crippen molar-refractivity contribution < 1.29 is 0 Å². The van der Waals surface area contributed by atoms with E-state index < -0.39 is 0 Å². The standard InChI is InChI=1S/C4H10.GeH4/c1-3-4-2;/h3-4H2,1-2H3;1H4. The van der Waals surface area contributed by atoms with Gasteiger partial charge >= 0.3 is 17.6 Å². The fourth-order valence-electron chi connectivity index (χ4n) is 0. The van der Waals surface area contributed by atoms with Crippen LogP contribution in [0.1, 0.15) is 26.7 Å². The first-order valence-corrected chi connectivity index (χ1v) is 1.91. The van der Waals surface area contributed by atoms with Crippen LogP contribution in [0.4, 0.5) is 0 Å². The molecule has 0 amide bonds. The zero-order valence-corrected chi connectivity index (χ0v) is 3.41. The molecule has 0 atom stereocenters. The molecule has 0 radical (unpaired) electrons. The van der Waals surface area contributed by atoms with Crippen LogP contribution >= 0.6 is 0 Å². The molecular weight excluding hydrogens is 121 g/mol. The summed E-state index contributed by atoms with van der Waals surface area (Å²) in [6.45, 7) is 4.36. The quantitative estimate of drug-likeness (QED) is 0.455. The van der Waals surface area contributed by atoms with E-state index in [1.165, 1.54) is 12.8 Å². The number of unbranched alkanes of at least 4 members (excludes halogenated alkanes) is 1. The van der Waals surface area contributed by atoms with Crippen LogP contribution in [0.15, 0.2) is 0 Å². The van der Waals surface area contributed by atoms with Gasteiger partial charge in [0.05, 0.1) is 0 Å². The molecule has 0 aromatic rings. The van der Waals surface area contributed by atoms with Gasteiger partial charge in [-0.05, 0) is 0 Å². The summed E-state index contributed by atoms with van der Waals surface area (Å²) in [6.07, 6.45) is 2.64. The Bertz CT molecular complexity index is 5.61. The topological polar surface area (TPSA) is 0 Å². The predicted octanol–water partition coefficient (Wildman–Crippen LogP) is 0.355. The van der Waals surface area contributed by atoms with Gasteiger partial charge in [0.15, 0.2) is 0 Å². The first-order valence-electron chi connectivity index (χ1n) is 1.91. The van der Waals surface area contributed by atoms with E-state index in [0.717, 1.165) is 0 Å². The third kappa shape index (κ3) is 12.3. The van der Waals surface area contributed by atoms with Crippen molar-refractivity contribution in [2.75, 3.05) is 0 Å². The molecular formula is C4H14Ge. The maximum atomic E-state index is 2.18. The predicted molar refractivity (Wildman–Crippen MR) is 31.9 cm³/mol. The fraction of sp³-hybridized carbons (Fsp3) is 1.00. The molecule has 0 aliphatic carbocycles. The van der Waals surface area contributed by atoms with Crippen molar-refractivity contribution >= 4 is 17.6 Å². The molecule has 0 nitrogen and oxygen atoms in total. The van der Waals surface area contributed by atoms with E-state index in [9.17, 15) is 0 Å². The van der Waals surface area contributed by atoms with E-state index in [0.29, 0.717) is 0 Å². The fourth-order valence-corrected chi connectivity index (χ4v) is 0. The Morgan fingerprint density at radius 1 is 1.00 bits per heavy atom. The van der Waals surface area contributed by atoms with Crippen molar-refractivity contribution in [2.45, 2.75) is 26.7 Å². The Balaban J connectivity index is 0. The van der Waals surface area contributed by atoms with Crippen LogP contribution in [0.25, 0.3) is 0 Å². The Morgan fingerprint density at radius 3 is 1.20 bits per heavy atom. The Labute approximate surface area is 44.9 Å². The minimum atomic E-state index is 0. The SMILES string of the molecule is CCCC.[GeH4]. The molecule has 0 heterocycles. The monoisotopic (exact) mass is 136 g/mol. The zero-order chi connectivity index (χ0) is 3.41. The summed E-state index contributed by atoms with van der Waals surface area (Å²) in [4.78, 5) is 0. The first-order chi connectivity index (χ1) is 1.91. The first kappa shape index (κ1) is 9.11. The molecule has 0 rings (SSSR count). The molecule has 0 spiro atoms. The molecule has 0 N–H and O–H groups in total. The molecule has 0 aliphatic rings. The maximum absolute atomic E-state index is 2.18. The third-order valence-electron chi connectivity index (χ3n) is 0.500. The van der Waals surface area contributed by atoms with Crippen LogP contribution in [0, 0.1) is 0 Å². The summed E-state index contributed by atoms with van der Waals surface area (Å²) in [5.74, 6) is 0. The molecule has 0 saturated carbocycles. The van der Waals surface area contributed by atoms with Crippen LogP contribution in [0.2, 0.25) is 0 Å². The average Bonchev–Trinajstić information content (AvgIpc) is 1.37. The van der Waals surface area contributed by atoms with Crippen LogP contribution in [-0.2, 0) is 0 Å². The molecule has 0 aliphatic heterocycles. The molecule has 0 unspecified atom stereocenters. The Hall–Kier alpha value is 0.543. The average molecular weight is 135 g/mol. The van der Waals surface area contributed by atoms with Crippen LogP contribution in [0.3, 0.4) is 0 Å². The van der Waals surface area contributed by atoms with Gasteiger partial charge in [-0.3, -0.25) is 0 Å². The zero-order valence-electron chi connectivity index (χ0n) is 3.41. The van der Waals surface area contributed by atoms with Crippen LogP contribution < -0.4 is 0 Å². The van der Waals surface area contributed by atoms with Gasteiger partial charge in [0.1, 0.15) is 0 Å². The van der Waals surface area contributed by atoms with E-state index >= 15 is 0 Å². The third-order valence-corrected chi connectivity index (χ3v) is 0.500. The number of hydrogen-bond acceptors (Lipinski definition) is 0. The van der Waals surface area contributed by atoms with Gasteiger partial charge in [-0.15, -0.1) is 0 Å². The van der Waals surface area contributed by atoms with E-state index in [1.54, 1.807) is 0 Å². The van der Waals surface area contributed by atoms with Crippen molar-refractivity contribution in [3.63, 3.8) is 0 Å². The van der Waals surface area contributed by atoms with E-state index in [4.69, 9.17) is 0 Å². The Morgan fingerprint density at radius 2 is 1.20 bits per heavy atom. The number of hydrogen-bond donors (Lipinski definition) is 0. The second kappa shape index (κ2) is 8.82. The van der Waals surface area contributed by atoms with Gasteiger partial charge in [-0.25, -0.2) is 0 Å². The van der Waals surface area contributed by atoms with Crippen LogP contribution in [-0.4, -0.2) is 17.6 Å². The summed E-state index contributed by atoms with van der Waals surface area (Å²) in [5.41, 5.74) is 0. The van der Waals surface area contributed by atoms with Crippen LogP contribution in [0.5, 0.6) is 0 Å². The van der Waals surface area contributed by atoms with Gasteiger partial charge in [0.2, 0.25) is 0 Å². The van der Waals surface area contributed by atoms with Gasteiger partial charge in [-0.2, -0.15) is 0 Å². The van der Waals surface area contributed by atoms with E-state index in [2.05, 4.69) is 13.8 Å². The van der Waals surface area contributed by atoms with Crippen molar-refractivity contribution in [1.82, 2.24) is 0 Å². The van der Waals surface area contributed by atoms with E-state index in [1.807, 2.05) is 0 Å². The number of rotatable bonds is 1. The van der Waals surface area contributed by atoms with Gasteiger partial charge < -0.3 is 0 Å². The molecule has 0 saturated heterocycles. The summed E-state index contributed by atoms with van der Waals surface area (Å²) in [7, 11) is 0.